The third-order valence-corrected chi connectivity index (χ3v) is 15.8. The molecular weight excluding hydrogens is 797 g/mol. The van der Waals surface area contributed by atoms with Crippen LogP contribution >= 0.6 is 0 Å². The van der Waals surface area contributed by atoms with Gasteiger partial charge in [0.15, 0.2) is 0 Å². The van der Waals surface area contributed by atoms with Crippen LogP contribution in [-0.4, -0.2) is 0 Å². The molecule has 2 nitrogen and oxygen atoms in total. The number of fused-ring (bicyclic) bond motifs is 3. The molecule has 66 heavy (non-hydrogen) atoms. The van der Waals surface area contributed by atoms with Crippen LogP contribution in [0.4, 0.5) is 34.1 Å². The minimum atomic E-state index is -0.148. The molecule has 3 aliphatic carbocycles. The SMILES string of the molecule is CC1CCC(c2ccc(N(c3ccccc3)c3ccccc3)cc2)(c2ccc(N(c3ccc(C4CCCCC4)cc3)c3ccc4c(c3)C(C)(C)c3cccc(-c5ccccc5)c3-4)cc2)CC1. The fraction of sp³-hybridized carbons (Fsp3) is 0.250. The van der Waals surface area contributed by atoms with E-state index in [-0.39, 0.29) is 10.8 Å². The monoisotopic (exact) mass is 858 g/mol. The quantitative estimate of drug-likeness (QED) is 0.135. The lowest BCUT2D eigenvalue weighted by Crippen LogP contribution is -2.32. The van der Waals surface area contributed by atoms with Gasteiger partial charge in [-0.25, -0.2) is 0 Å². The average Bonchev–Trinajstić information content (AvgIpc) is 3.61. The van der Waals surface area contributed by atoms with Crippen LogP contribution in [0.25, 0.3) is 22.3 Å². The van der Waals surface area contributed by atoms with E-state index in [0.717, 1.165) is 30.1 Å². The van der Waals surface area contributed by atoms with Crippen molar-refractivity contribution >= 4 is 34.1 Å². The van der Waals surface area contributed by atoms with Gasteiger partial charge in [0, 0.05) is 45.0 Å². The lowest BCUT2D eigenvalue weighted by molar-refractivity contribution is 0.280. The Kier molecular flexibility index (Phi) is 11.2. The zero-order valence-corrected chi connectivity index (χ0v) is 39.0. The van der Waals surface area contributed by atoms with E-state index < -0.39 is 0 Å². The molecule has 0 N–H and O–H groups in total. The molecular formula is C64H62N2. The van der Waals surface area contributed by atoms with Gasteiger partial charge in [-0.1, -0.05) is 167 Å². The summed E-state index contributed by atoms with van der Waals surface area (Å²) in [5.74, 6) is 1.40. The molecule has 3 aliphatic rings. The predicted octanol–water partition coefficient (Wildman–Crippen LogP) is 18.1. The minimum Gasteiger partial charge on any atom is -0.311 e. The van der Waals surface area contributed by atoms with E-state index in [0.29, 0.717) is 5.92 Å². The molecule has 8 aromatic carbocycles. The molecule has 0 bridgehead atoms. The molecule has 2 fully saturated rings. The van der Waals surface area contributed by atoms with Gasteiger partial charge < -0.3 is 9.80 Å². The highest BCUT2D eigenvalue weighted by Crippen LogP contribution is 2.54. The van der Waals surface area contributed by atoms with Gasteiger partial charge in [-0.3, -0.25) is 0 Å². The molecule has 0 spiro atoms. The lowest BCUT2D eigenvalue weighted by Gasteiger charge is -2.41. The van der Waals surface area contributed by atoms with Crippen molar-refractivity contribution in [2.24, 2.45) is 5.92 Å². The number of hydrogen-bond donors (Lipinski definition) is 0. The summed E-state index contributed by atoms with van der Waals surface area (Å²) >= 11 is 0. The Labute approximate surface area is 393 Å². The lowest BCUT2D eigenvalue weighted by atomic mass is 9.63. The zero-order valence-electron chi connectivity index (χ0n) is 39.0. The first-order chi connectivity index (χ1) is 32.4. The van der Waals surface area contributed by atoms with Crippen LogP contribution in [0.5, 0.6) is 0 Å². The number of hydrogen-bond acceptors (Lipinski definition) is 2. The molecule has 2 saturated carbocycles. The Morgan fingerprint density at radius 3 is 1.45 bits per heavy atom. The molecule has 0 aliphatic heterocycles. The van der Waals surface area contributed by atoms with Gasteiger partial charge in [0.1, 0.15) is 0 Å². The van der Waals surface area contributed by atoms with Crippen molar-refractivity contribution in [3.63, 3.8) is 0 Å². The maximum absolute atomic E-state index is 2.51. The summed E-state index contributed by atoms with van der Waals surface area (Å²) in [5, 5.41) is 0. The van der Waals surface area contributed by atoms with Crippen LogP contribution in [0.3, 0.4) is 0 Å². The average molecular weight is 859 g/mol. The molecule has 328 valence electrons. The normalized spacial score (nSPS) is 18.9. The molecule has 0 saturated heterocycles. The second-order valence-corrected chi connectivity index (χ2v) is 20.1. The second kappa shape index (κ2) is 17.6. The van der Waals surface area contributed by atoms with Crippen molar-refractivity contribution < 1.29 is 0 Å². The second-order valence-electron chi connectivity index (χ2n) is 20.1. The molecule has 0 amide bonds. The smallest absolute Gasteiger partial charge is 0.0465 e. The van der Waals surface area contributed by atoms with Crippen LogP contribution in [0.2, 0.25) is 0 Å². The predicted molar refractivity (Wildman–Crippen MR) is 279 cm³/mol. The van der Waals surface area contributed by atoms with Gasteiger partial charge in [0.25, 0.3) is 0 Å². The first-order valence-corrected chi connectivity index (χ1v) is 24.7. The van der Waals surface area contributed by atoms with Crippen molar-refractivity contribution in [2.45, 2.75) is 95.3 Å². The van der Waals surface area contributed by atoms with E-state index in [4.69, 9.17) is 0 Å². The summed E-state index contributed by atoms with van der Waals surface area (Å²) in [6.07, 6.45) is 11.4. The maximum atomic E-state index is 2.51. The van der Waals surface area contributed by atoms with Crippen LogP contribution in [0.1, 0.15) is 112 Å². The summed E-state index contributed by atoms with van der Waals surface area (Å²) in [6, 6.07) is 75.4. The summed E-state index contributed by atoms with van der Waals surface area (Å²) in [5.41, 5.74) is 19.3. The van der Waals surface area contributed by atoms with Crippen LogP contribution < -0.4 is 9.80 Å². The summed E-state index contributed by atoms with van der Waals surface area (Å²) in [6.45, 7) is 7.25. The van der Waals surface area contributed by atoms with Crippen molar-refractivity contribution in [3.8, 4) is 22.3 Å². The van der Waals surface area contributed by atoms with Gasteiger partial charge >= 0.3 is 0 Å². The van der Waals surface area contributed by atoms with Crippen LogP contribution in [0, 0.1) is 5.92 Å². The van der Waals surface area contributed by atoms with Crippen LogP contribution in [-0.2, 0) is 10.8 Å². The Balaban J connectivity index is 0.982. The van der Waals surface area contributed by atoms with Crippen molar-refractivity contribution in [3.05, 3.63) is 228 Å². The summed E-state index contributed by atoms with van der Waals surface area (Å²) in [7, 11) is 0. The van der Waals surface area contributed by atoms with E-state index in [1.165, 1.54) is 118 Å². The molecule has 2 heteroatoms. The van der Waals surface area contributed by atoms with Gasteiger partial charge in [0.05, 0.1) is 0 Å². The van der Waals surface area contributed by atoms with Gasteiger partial charge in [-0.2, -0.15) is 0 Å². The first-order valence-electron chi connectivity index (χ1n) is 24.7. The fourth-order valence-electron chi connectivity index (χ4n) is 12.0. The topological polar surface area (TPSA) is 6.48 Å². The highest BCUT2D eigenvalue weighted by molar-refractivity contribution is 5.94. The molecule has 0 unspecified atom stereocenters. The van der Waals surface area contributed by atoms with E-state index >= 15 is 0 Å². The van der Waals surface area contributed by atoms with Crippen molar-refractivity contribution in [1.82, 2.24) is 0 Å². The first kappa shape index (κ1) is 42.0. The standard InChI is InChI=1S/C64H62N2/c1-46-41-43-64(44-42-46,50-29-35-55(36-30-50)65(52-21-12-6-13-22-52)53-23-14-7-15-24-53)51-31-37-56(38-32-51)66(54-33-27-48(28-34-54)47-17-8-4-9-18-47)57-39-40-59-61(45-57)63(2,3)60-26-16-25-58(62(59)60)49-19-10-5-11-20-49/h5-7,10-16,19-40,45-47H,4,8-9,17-18,41-44H2,1-3H3. The van der Waals surface area contributed by atoms with E-state index in [1.807, 2.05) is 0 Å². The maximum Gasteiger partial charge on any atom is 0.0465 e. The van der Waals surface area contributed by atoms with Gasteiger partial charge in [-0.15, -0.1) is 0 Å². The minimum absolute atomic E-state index is 0.0554. The highest BCUT2D eigenvalue weighted by Gasteiger charge is 2.39. The molecule has 11 rings (SSSR count). The Morgan fingerprint density at radius 2 is 0.894 bits per heavy atom. The number of anilines is 6. The molecule has 0 aromatic heterocycles. The van der Waals surface area contributed by atoms with Gasteiger partial charge in [-0.05, 0) is 173 Å². The number of nitrogens with zero attached hydrogens (tertiary/aromatic N) is 2. The van der Waals surface area contributed by atoms with Crippen molar-refractivity contribution in [2.75, 3.05) is 9.80 Å². The zero-order chi connectivity index (χ0) is 44.7. The number of rotatable bonds is 10. The third kappa shape index (κ3) is 7.65. The van der Waals surface area contributed by atoms with E-state index in [2.05, 4.69) is 231 Å². The fourth-order valence-corrected chi connectivity index (χ4v) is 12.0. The molecule has 0 heterocycles. The van der Waals surface area contributed by atoms with E-state index in [9.17, 15) is 0 Å². The summed E-state index contributed by atoms with van der Waals surface area (Å²) < 4.78 is 0. The summed E-state index contributed by atoms with van der Waals surface area (Å²) in [4.78, 5) is 4.88. The van der Waals surface area contributed by atoms with Gasteiger partial charge in [0.2, 0.25) is 0 Å². The number of benzene rings is 8. The van der Waals surface area contributed by atoms with Crippen LogP contribution in [0.15, 0.2) is 200 Å². The highest BCUT2D eigenvalue weighted by atomic mass is 15.1. The Morgan fingerprint density at radius 1 is 0.409 bits per heavy atom. The van der Waals surface area contributed by atoms with E-state index in [1.54, 1.807) is 0 Å². The molecule has 0 radical (unpaired) electrons. The third-order valence-electron chi connectivity index (χ3n) is 15.8. The number of para-hydroxylation sites is 2. The molecule has 0 atom stereocenters. The largest absolute Gasteiger partial charge is 0.311 e. The molecule has 8 aromatic rings. The Bertz CT molecular complexity index is 2860. The van der Waals surface area contributed by atoms with Crippen molar-refractivity contribution in [1.29, 1.82) is 0 Å². The Hall–Kier alpha value is -6.64.